The van der Waals surface area contributed by atoms with Crippen molar-refractivity contribution in [3.8, 4) is 0 Å². The number of rotatable bonds is 5. The van der Waals surface area contributed by atoms with Crippen molar-refractivity contribution in [2.24, 2.45) is 0 Å². The van der Waals surface area contributed by atoms with Crippen LogP contribution in [0.15, 0.2) is 36.5 Å². The molecule has 2 rings (SSSR count). The fraction of sp³-hybridized carbons (Fsp3) is 0.250. The smallest absolute Gasteiger partial charge is 0.307 e. The fourth-order valence-electron chi connectivity index (χ4n) is 1.64. The van der Waals surface area contributed by atoms with Crippen molar-refractivity contribution in [3.05, 3.63) is 53.6 Å². The van der Waals surface area contributed by atoms with Crippen molar-refractivity contribution in [3.63, 3.8) is 0 Å². The van der Waals surface area contributed by atoms with Crippen LogP contribution < -0.4 is 5.32 Å². The number of hydrogen-bond donors (Lipinski definition) is 1. The normalized spacial score (nSPS) is 11.1. The van der Waals surface area contributed by atoms with Gasteiger partial charge in [0.2, 0.25) is 0 Å². The summed E-state index contributed by atoms with van der Waals surface area (Å²) < 4.78 is 38.5. The van der Waals surface area contributed by atoms with Crippen LogP contribution in [0.3, 0.4) is 0 Å². The topological polar surface area (TPSA) is 29.9 Å². The van der Waals surface area contributed by atoms with Gasteiger partial charge in [-0.2, -0.15) is 13.9 Å². The molecular weight excluding hydrogens is 243 g/mol. The zero-order valence-corrected chi connectivity index (χ0v) is 9.48. The summed E-state index contributed by atoms with van der Waals surface area (Å²) in [5, 5.41) is 6.49. The highest BCUT2D eigenvalue weighted by atomic mass is 19.3. The summed E-state index contributed by atoms with van der Waals surface area (Å²) in [5.41, 5.74) is 1.15. The van der Waals surface area contributed by atoms with E-state index in [1.54, 1.807) is 12.1 Å². The Morgan fingerprint density at radius 3 is 2.78 bits per heavy atom. The van der Waals surface area contributed by atoms with Crippen LogP contribution in [0.25, 0.3) is 0 Å². The molecule has 0 unspecified atom stereocenters. The minimum Gasteiger partial charge on any atom is -0.307 e. The van der Waals surface area contributed by atoms with E-state index in [2.05, 4.69) is 10.4 Å². The van der Waals surface area contributed by atoms with Gasteiger partial charge in [-0.15, -0.1) is 0 Å². The van der Waals surface area contributed by atoms with Gasteiger partial charge < -0.3 is 5.32 Å². The van der Waals surface area contributed by atoms with Gasteiger partial charge in [-0.3, -0.25) is 0 Å². The standard InChI is InChI=1S/C12H12F3N3/c13-10-3-1-2-9(6-10)7-16-8-11-4-5-17-18(11)12(14)15/h1-6,12,16H,7-8H2. The van der Waals surface area contributed by atoms with Gasteiger partial charge in [0.25, 0.3) is 0 Å². The summed E-state index contributed by atoms with van der Waals surface area (Å²) in [5.74, 6) is -0.313. The number of benzene rings is 1. The molecule has 1 aromatic heterocycles. The zero-order valence-electron chi connectivity index (χ0n) is 9.48. The van der Waals surface area contributed by atoms with Crippen molar-refractivity contribution in [2.75, 3.05) is 0 Å². The lowest BCUT2D eigenvalue weighted by atomic mass is 10.2. The molecule has 6 heteroatoms. The van der Waals surface area contributed by atoms with E-state index in [-0.39, 0.29) is 12.4 Å². The summed E-state index contributed by atoms with van der Waals surface area (Å²) in [6.45, 7) is -1.99. The van der Waals surface area contributed by atoms with Crippen molar-refractivity contribution >= 4 is 0 Å². The summed E-state index contributed by atoms with van der Waals surface area (Å²) in [7, 11) is 0. The molecule has 0 bridgehead atoms. The molecule has 0 saturated carbocycles. The molecule has 0 saturated heterocycles. The minimum absolute atomic E-state index is 0.251. The van der Waals surface area contributed by atoms with Crippen LogP contribution in [0.1, 0.15) is 17.8 Å². The maximum atomic E-state index is 12.9. The van der Waals surface area contributed by atoms with E-state index in [0.717, 1.165) is 5.56 Å². The summed E-state index contributed by atoms with van der Waals surface area (Å²) in [4.78, 5) is 0. The molecule has 0 radical (unpaired) electrons. The van der Waals surface area contributed by atoms with E-state index in [0.29, 0.717) is 16.9 Å². The van der Waals surface area contributed by atoms with E-state index in [1.807, 2.05) is 0 Å². The third-order valence-electron chi connectivity index (χ3n) is 2.46. The van der Waals surface area contributed by atoms with E-state index in [1.165, 1.54) is 24.4 Å². The second-order valence-corrected chi connectivity index (χ2v) is 3.78. The van der Waals surface area contributed by atoms with Gasteiger partial charge in [0.1, 0.15) is 5.82 Å². The third kappa shape index (κ3) is 3.10. The quantitative estimate of drug-likeness (QED) is 0.890. The average Bonchev–Trinajstić information content (AvgIpc) is 2.77. The molecule has 0 fully saturated rings. The Kier molecular flexibility index (Phi) is 3.99. The van der Waals surface area contributed by atoms with Gasteiger partial charge in [-0.1, -0.05) is 12.1 Å². The first-order chi connectivity index (χ1) is 8.66. The third-order valence-corrected chi connectivity index (χ3v) is 2.46. The van der Waals surface area contributed by atoms with E-state index >= 15 is 0 Å². The number of aromatic nitrogens is 2. The van der Waals surface area contributed by atoms with Crippen LogP contribution in [0.2, 0.25) is 0 Å². The molecule has 3 nitrogen and oxygen atoms in total. The molecule has 0 atom stereocenters. The van der Waals surface area contributed by atoms with Gasteiger partial charge in [0, 0.05) is 19.3 Å². The monoisotopic (exact) mass is 255 g/mol. The number of halogens is 3. The van der Waals surface area contributed by atoms with Gasteiger partial charge >= 0.3 is 6.55 Å². The van der Waals surface area contributed by atoms with Crippen molar-refractivity contribution in [1.82, 2.24) is 15.1 Å². The van der Waals surface area contributed by atoms with Crippen LogP contribution in [-0.2, 0) is 13.1 Å². The molecule has 1 N–H and O–H groups in total. The Labute approximate surface area is 102 Å². The Morgan fingerprint density at radius 2 is 2.06 bits per heavy atom. The molecule has 1 heterocycles. The Bertz CT molecular complexity index is 511. The van der Waals surface area contributed by atoms with Crippen LogP contribution >= 0.6 is 0 Å². The first kappa shape index (κ1) is 12.6. The van der Waals surface area contributed by atoms with Crippen LogP contribution in [0, 0.1) is 5.82 Å². The Morgan fingerprint density at radius 1 is 1.22 bits per heavy atom. The second kappa shape index (κ2) is 5.68. The Hall–Kier alpha value is -1.82. The predicted molar refractivity (Wildman–Crippen MR) is 60.4 cm³/mol. The molecule has 18 heavy (non-hydrogen) atoms. The van der Waals surface area contributed by atoms with Gasteiger partial charge in [-0.25, -0.2) is 9.07 Å². The molecule has 0 aliphatic carbocycles. The average molecular weight is 255 g/mol. The van der Waals surface area contributed by atoms with Gasteiger partial charge in [0.15, 0.2) is 0 Å². The summed E-state index contributed by atoms with van der Waals surface area (Å²) in [6.07, 6.45) is 1.32. The van der Waals surface area contributed by atoms with Crippen LogP contribution in [-0.4, -0.2) is 9.78 Å². The lowest BCUT2D eigenvalue weighted by molar-refractivity contribution is 0.0531. The highest BCUT2D eigenvalue weighted by molar-refractivity contribution is 5.16. The Balaban J connectivity index is 1.90. The zero-order chi connectivity index (χ0) is 13.0. The van der Waals surface area contributed by atoms with Crippen LogP contribution in [0.5, 0.6) is 0 Å². The lowest BCUT2D eigenvalue weighted by Gasteiger charge is -2.07. The number of alkyl halides is 2. The molecule has 1 aromatic carbocycles. The highest BCUT2D eigenvalue weighted by Crippen LogP contribution is 2.12. The van der Waals surface area contributed by atoms with Crippen molar-refractivity contribution < 1.29 is 13.2 Å². The fourth-order valence-corrected chi connectivity index (χ4v) is 1.64. The molecule has 0 aliphatic heterocycles. The molecule has 2 aromatic rings. The summed E-state index contributed by atoms with van der Waals surface area (Å²) in [6, 6.07) is 7.65. The van der Waals surface area contributed by atoms with E-state index in [4.69, 9.17) is 0 Å². The first-order valence-electron chi connectivity index (χ1n) is 5.42. The number of hydrogen-bond acceptors (Lipinski definition) is 2. The molecular formula is C12H12F3N3. The van der Waals surface area contributed by atoms with Crippen molar-refractivity contribution in [1.29, 1.82) is 0 Å². The maximum Gasteiger partial charge on any atom is 0.333 e. The minimum atomic E-state index is -2.65. The second-order valence-electron chi connectivity index (χ2n) is 3.78. The van der Waals surface area contributed by atoms with E-state index in [9.17, 15) is 13.2 Å². The number of nitrogens with one attached hydrogen (secondary N) is 1. The maximum absolute atomic E-state index is 12.9. The number of nitrogens with zero attached hydrogens (tertiary/aromatic N) is 2. The highest BCUT2D eigenvalue weighted by Gasteiger charge is 2.10. The lowest BCUT2D eigenvalue weighted by Crippen LogP contribution is -2.16. The molecule has 0 aliphatic rings. The van der Waals surface area contributed by atoms with Crippen LogP contribution in [0.4, 0.5) is 13.2 Å². The molecule has 0 spiro atoms. The van der Waals surface area contributed by atoms with E-state index < -0.39 is 6.55 Å². The van der Waals surface area contributed by atoms with Gasteiger partial charge in [0.05, 0.1) is 5.69 Å². The largest absolute Gasteiger partial charge is 0.333 e. The first-order valence-corrected chi connectivity index (χ1v) is 5.42. The SMILES string of the molecule is Fc1cccc(CNCc2ccnn2C(F)F)c1. The predicted octanol–water partition coefficient (Wildman–Crippen LogP) is 2.71. The summed E-state index contributed by atoms with van der Waals surface area (Å²) >= 11 is 0. The molecule has 96 valence electrons. The molecule has 0 amide bonds. The van der Waals surface area contributed by atoms with Crippen molar-refractivity contribution in [2.45, 2.75) is 19.6 Å². The van der Waals surface area contributed by atoms with Gasteiger partial charge in [-0.05, 0) is 23.8 Å².